The minimum Gasteiger partial charge on any atom is -0.338 e. The topological polar surface area (TPSA) is 59.8 Å². The average Bonchev–Trinajstić information content (AvgIpc) is 3.34. The normalized spacial score (nSPS) is 11.2. The van der Waals surface area contributed by atoms with Crippen molar-refractivity contribution in [2.24, 2.45) is 0 Å². The largest absolute Gasteiger partial charge is 0.338 e. The van der Waals surface area contributed by atoms with Crippen LogP contribution in [0.1, 0.15) is 5.56 Å². The van der Waals surface area contributed by atoms with E-state index < -0.39 is 0 Å². The summed E-state index contributed by atoms with van der Waals surface area (Å²) in [6.45, 7) is 2.27. The molecule has 29 heavy (non-hydrogen) atoms. The van der Waals surface area contributed by atoms with Crippen LogP contribution in [-0.4, -0.2) is 20.4 Å². The number of pyridine rings is 1. The van der Waals surface area contributed by atoms with Gasteiger partial charge >= 0.3 is 0 Å². The van der Waals surface area contributed by atoms with E-state index in [9.17, 15) is 4.79 Å². The number of aryl methyl sites for hydroxylation is 1. The van der Waals surface area contributed by atoms with Crippen LogP contribution in [0.4, 0.5) is 5.69 Å². The van der Waals surface area contributed by atoms with Gasteiger partial charge in [-0.1, -0.05) is 29.5 Å². The number of nitrogens with zero attached hydrogens (tertiary/aromatic N) is 3. The number of carbonyl (C=O) groups is 1. The van der Waals surface area contributed by atoms with E-state index in [4.69, 9.17) is 0 Å². The standard InChI is InChI=1S/C23H18N4OS/c1-15-13-17(22-26-19-6-4-11-24-23(19)29-22)8-9-18(15)25-21(28)14-27-12-10-16-5-2-3-7-20(16)27/h2-13H,14H2,1H3,(H,25,28). The van der Waals surface area contributed by atoms with Gasteiger partial charge in [-0.05, 0) is 60.3 Å². The van der Waals surface area contributed by atoms with Crippen LogP contribution in [0.2, 0.25) is 0 Å². The molecule has 0 atom stereocenters. The molecule has 0 saturated heterocycles. The van der Waals surface area contributed by atoms with Crippen LogP contribution >= 0.6 is 11.3 Å². The molecule has 0 saturated carbocycles. The molecule has 0 aliphatic rings. The van der Waals surface area contributed by atoms with Crippen molar-refractivity contribution in [3.63, 3.8) is 0 Å². The smallest absolute Gasteiger partial charge is 0.244 e. The van der Waals surface area contributed by atoms with Crippen LogP contribution < -0.4 is 5.32 Å². The molecule has 1 amide bonds. The SMILES string of the molecule is Cc1cc(-c2nc3cccnc3s2)ccc1NC(=O)Cn1ccc2ccccc21. The summed E-state index contributed by atoms with van der Waals surface area (Å²) in [5.74, 6) is -0.0496. The first kappa shape index (κ1) is 17.6. The second kappa shape index (κ2) is 7.14. The van der Waals surface area contributed by atoms with Gasteiger partial charge in [0.15, 0.2) is 0 Å². The van der Waals surface area contributed by atoms with E-state index in [2.05, 4.69) is 21.4 Å². The Kier molecular flexibility index (Phi) is 4.33. The summed E-state index contributed by atoms with van der Waals surface area (Å²) < 4.78 is 1.96. The van der Waals surface area contributed by atoms with E-state index in [-0.39, 0.29) is 12.5 Å². The summed E-state index contributed by atoms with van der Waals surface area (Å²) in [7, 11) is 0. The van der Waals surface area contributed by atoms with Crippen molar-refractivity contribution in [2.45, 2.75) is 13.5 Å². The number of fused-ring (bicyclic) bond motifs is 2. The molecule has 3 aromatic heterocycles. The fourth-order valence-electron chi connectivity index (χ4n) is 3.45. The maximum absolute atomic E-state index is 12.6. The van der Waals surface area contributed by atoms with E-state index in [1.54, 1.807) is 17.5 Å². The highest BCUT2D eigenvalue weighted by Crippen LogP contribution is 2.31. The molecule has 1 N–H and O–H groups in total. The monoisotopic (exact) mass is 398 g/mol. The Labute approximate surface area is 171 Å². The van der Waals surface area contributed by atoms with Gasteiger partial charge in [0.2, 0.25) is 5.91 Å². The minimum atomic E-state index is -0.0496. The highest BCUT2D eigenvalue weighted by Gasteiger charge is 2.11. The van der Waals surface area contributed by atoms with E-state index in [0.29, 0.717) is 0 Å². The summed E-state index contributed by atoms with van der Waals surface area (Å²) >= 11 is 1.57. The maximum atomic E-state index is 12.6. The second-order valence-corrected chi connectivity index (χ2v) is 7.90. The minimum absolute atomic E-state index is 0.0496. The predicted octanol–water partition coefficient (Wildman–Crippen LogP) is 5.26. The lowest BCUT2D eigenvalue weighted by Crippen LogP contribution is -2.18. The number of thiazole rings is 1. The fourth-order valence-corrected chi connectivity index (χ4v) is 4.36. The average molecular weight is 398 g/mol. The Balaban J connectivity index is 1.35. The molecule has 142 valence electrons. The summed E-state index contributed by atoms with van der Waals surface area (Å²) in [6, 6.07) is 19.9. The van der Waals surface area contributed by atoms with Gasteiger partial charge in [-0.2, -0.15) is 0 Å². The first-order valence-electron chi connectivity index (χ1n) is 9.34. The van der Waals surface area contributed by atoms with Gasteiger partial charge in [0.1, 0.15) is 21.9 Å². The number of aromatic nitrogens is 3. The fraction of sp³-hybridized carbons (Fsp3) is 0.0870. The Morgan fingerprint density at radius 1 is 1.10 bits per heavy atom. The lowest BCUT2D eigenvalue weighted by molar-refractivity contribution is -0.116. The van der Waals surface area contributed by atoms with Gasteiger partial charge in [-0.15, -0.1) is 0 Å². The van der Waals surface area contributed by atoms with Crippen molar-refractivity contribution in [1.29, 1.82) is 0 Å². The van der Waals surface area contributed by atoms with E-state index >= 15 is 0 Å². The van der Waals surface area contributed by atoms with E-state index in [1.165, 1.54) is 0 Å². The number of rotatable bonds is 4. The van der Waals surface area contributed by atoms with Crippen LogP contribution in [-0.2, 0) is 11.3 Å². The molecule has 2 aromatic carbocycles. The highest BCUT2D eigenvalue weighted by molar-refractivity contribution is 7.21. The Morgan fingerprint density at radius 3 is 2.86 bits per heavy atom. The third kappa shape index (κ3) is 3.39. The van der Waals surface area contributed by atoms with Crippen molar-refractivity contribution < 1.29 is 4.79 Å². The lowest BCUT2D eigenvalue weighted by Gasteiger charge is -2.11. The zero-order valence-corrected chi connectivity index (χ0v) is 16.6. The van der Waals surface area contributed by atoms with E-state index in [0.717, 1.165) is 43.1 Å². The highest BCUT2D eigenvalue weighted by atomic mass is 32.1. The number of para-hydroxylation sites is 1. The van der Waals surface area contributed by atoms with Crippen LogP contribution in [0, 0.1) is 6.92 Å². The van der Waals surface area contributed by atoms with Gasteiger partial charge in [-0.3, -0.25) is 4.79 Å². The first-order chi connectivity index (χ1) is 14.2. The molecule has 5 rings (SSSR count). The quantitative estimate of drug-likeness (QED) is 0.449. The molecule has 5 aromatic rings. The molecule has 0 unspecified atom stereocenters. The molecular weight excluding hydrogens is 380 g/mol. The molecule has 3 heterocycles. The van der Waals surface area contributed by atoms with Crippen molar-refractivity contribution in [3.05, 3.63) is 78.6 Å². The zero-order valence-electron chi connectivity index (χ0n) is 15.8. The van der Waals surface area contributed by atoms with Crippen molar-refractivity contribution in [3.8, 4) is 10.6 Å². The molecule has 0 aliphatic heterocycles. The summed E-state index contributed by atoms with van der Waals surface area (Å²) in [4.78, 5) is 22.5. The van der Waals surface area contributed by atoms with Crippen LogP contribution in [0.25, 0.3) is 31.8 Å². The first-order valence-corrected chi connectivity index (χ1v) is 10.2. The third-order valence-electron chi connectivity index (χ3n) is 4.91. The number of hydrogen-bond acceptors (Lipinski definition) is 4. The number of hydrogen-bond donors (Lipinski definition) is 1. The summed E-state index contributed by atoms with van der Waals surface area (Å²) in [5, 5.41) is 5.09. The number of amides is 1. The molecule has 0 spiro atoms. The Hall–Kier alpha value is -3.51. The van der Waals surface area contributed by atoms with Crippen molar-refractivity contribution in [1.82, 2.24) is 14.5 Å². The molecule has 0 aliphatic carbocycles. The number of benzene rings is 2. The molecule has 0 bridgehead atoms. The molecular formula is C23H18N4OS. The van der Waals surface area contributed by atoms with Gasteiger partial charge in [0, 0.05) is 29.2 Å². The maximum Gasteiger partial charge on any atom is 0.244 e. The lowest BCUT2D eigenvalue weighted by atomic mass is 10.1. The van der Waals surface area contributed by atoms with Crippen LogP contribution in [0.5, 0.6) is 0 Å². The van der Waals surface area contributed by atoms with Gasteiger partial charge < -0.3 is 9.88 Å². The van der Waals surface area contributed by atoms with Crippen LogP contribution in [0.3, 0.4) is 0 Å². The Morgan fingerprint density at radius 2 is 2.00 bits per heavy atom. The molecule has 5 nitrogen and oxygen atoms in total. The van der Waals surface area contributed by atoms with E-state index in [1.807, 2.05) is 72.3 Å². The third-order valence-corrected chi connectivity index (χ3v) is 5.94. The van der Waals surface area contributed by atoms with Gasteiger partial charge in [0.05, 0.1) is 0 Å². The van der Waals surface area contributed by atoms with Gasteiger partial charge in [0.25, 0.3) is 0 Å². The predicted molar refractivity (Wildman–Crippen MR) is 118 cm³/mol. The Bertz CT molecular complexity index is 1320. The number of anilines is 1. The number of nitrogens with one attached hydrogen (secondary N) is 1. The van der Waals surface area contributed by atoms with Gasteiger partial charge in [-0.25, -0.2) is 9.97 Å². The molecule has 0 radical (unpaired) electrons. The van der Waals surface area contributed by atoms with Crippen molar-refractivity contribution >= 4 is 44.2 Å². The zero-order chi connectivity index (χ0) is 19.8. The molecule has 6 heteroatoms. The summed E-state index contributed by atoms with van der Waals surface area (Å²) in [5.41, 5.74) is 4.80. The van der Waals surface area contributed by atoms with Crippen molar-refractivity contribution in [2.75, 3.05) is 5.32 Å². The number of carbonyl (C=O) groups excluding carboxylic acids is 1. The van der Waals surface area contributed by atoms with Crippen LogP contribution in [0.15, 0.2) is 73.1 Å². The molecule has 0 fully saturated rings. The second-order valence-electron chi connectivity index (χ2n) is 6.93. The summed E-state index contributed by atoms with van der Waals surface area (Å²) in [6.07, 6.45) is 3.73.